The fraction of sp³-hybridized carbons (Fsp3) is 0.520. The first kappa shape index (κ1) is 22.6. The average molecular weight is 571 g/mol. The van der Waals surface area contributed by atoms with Gasteiger partial charge in [-0.15, -0.1) is 0 Å². The van der Waals surface area contributed by atoms with E-state index in [0.29, 0.717) is 0 Å². The van der Waals surface area contributed by atoms with Crippen LogP contribution in [0.4, 0.5) is 0 Å². The van der Waals surface area contributed by atoms with Gasteiger partial charge in [0.2, 0.25) is 0 Å². The molecule has 0 heterocycles. The molecule has 0 unspecified atom stereocenters. The quantitative estimate of drug-likeness (QED) is 0.186. The smallest absolute Gasteiger partial charge is 0.0223 e. The molecular weight excluding hydrogens is 540 g/mol. The summed E-state index contributed by atoms with van der Waals surface area (Å²) in [4.78, 5) is 0. The fourth-order valence-electron chi connectivity index (χ4n) is 4.83. The number of unbranched alkanes of at least 4 members (excludes halogenated alkanes) is 7. The number of halogens is 3. The van der Waals surface area contributed by atoms with E-state index in [2.05, 4.69) is 91.1 Å². The van der Waals surface area contributed by atoms with Gasteiger partial charge < -0.3 is 0 Å². The Hall–Kier alpha value is -0.120. The maximum atomic E-state index is 3.77. The van der Waals surface area contributed by atoms with Crippen molar-refractivity contribution in [1.29, 1.82) is 0 Å². The maximum absolute atomic E-state index is 3.77. The molecule has 0 nitrogen and oxygen atoms in total. The van der Waals surface area contributed by atoms with Gasteiger partial charge in [-0.2, -0.15) is 0 Å². The minimum Gasteiger partial charge on any atom is -0.0928 e. The Bertz CT molecular complexity index is 730. The van der Waals surface area contributed by atoms with Gasteiger partial charge >= 0.3 is 0 Å². The van der Waals surface area contributed by atoms with Gasteiger partial charge in [-0.25, -0.2) is 0 Å². The second kappa shape index (κ2) is 10.8. The molecule has 0 bridgehead atoms. The molecule has 0 radical (unpaired) electrons. The highest BCUT2D eigenvalue weighted by atomic mass is 79.9. The number of fused-ring (bicyclic) bond motifs is 3. The van der Waals surface area contributed by atoms with Gasteiger partial charge in [-0.05, 0) is 59.4 Å². The molecule has 2 aromatic rings. The molecule has 0 saturated heterocycles. The van der Waals surface area contributed by atoms with E-state index in [9.17, 15) is 0 Å². The summed E-state index contributed by atoms with van der Waals surface area (Å²) in [5, 5.41) is 1.03. The van der Waals surface area contributed by atoms with Crippen molar-refractivity contribution in [2.45, 2.75) is 76.5 Å². The largest absolute Gasteiger partial charge is 0.0928 e. The summed E-state index contributed by atoms with van der Waals surface area (Å²) >= 11 is 11.2. The summed E-state index contributed by atoms with van der Waals surface area (Å²) in [5.41, 5.74) is 6.00. The summed E-state index contributed by atoms with van der Waals surface area (Å²) in [7, 11) is 0. The van der Waals surface area contributed by atoms with Gasteiger partial charge in [0.25, 0.3) is 0 Å². The molecule has 152 valence electrons. The van der Waals surface area contributed by atoms with E-state index >= 15 is 0 Å². The number of benzene rings is 2. The summed E-state index contributed by atoms with van der Waals surface area (Å²) in [6, 6.07) is 13.7. The first-order chi connectivity index (χ1) is 13.6. The Labute approximate surface area is 196 Å². The molecule has 0 amide bonds. The number of hydrogen-bond donors (Lipinski definition) is 0. The molecule has 2 aromatic carbocycles. The standard InChI is InChI=1S/C25H31Br3/c1-2-3-4-5-6-7-8-9-14-25(15-16-26)23-17-19(27)10-12-21(23)22-13-11-20(28)18-24(22)25/h10-13,17-18H,2-9,14-16H2,1H3. The van der Waals surface area contributed by atoms with Crippen LogP contribution in [0.5, 0.6) is 0 Å². The zero-order chi connectivity index (χ0) is 20.0. The molecule has 0 N–H and O–H groups in total. The number of hydrogen-bond acceptors (Lipinski definition) is 0. The van der Waals surface area contributed by atoms with Crippen LogP contribution in [0, 0.1) is 0 Å². The lowest BCUT2D eigenvalue weighted by molar-refractivity contribution is 0.436. The van der Waals surface area contributed by atoms with Crippen molar-refractivity contribution in [3.05, 3.63) is 56.5 Å². The van der Waals surface area contributed by atoms with Crippen LogP contribution in [0.1, 0.15) is 82.3 Å². The van der Waals surface area contributed by atoms with E-state index in [0.717, 1.165) is 11.8 Å². The van der Waals surface area contributed by atoms with Crippen molar-refractivity contribution in [2.75, 3.05) is 5.33 Å². The summed E-state index contributed by atoms with van der Waals surface area (Å²) < 4.78 is 2.38. The maximum Gasteiger partial charge on any atom is 0.0223 e. The van der Waals surface area contributed by atoms with Crippen molar-refractivity contribution in [1.82, 2.24) is 0 Å². The molecular formula is C25H31Br3. The average Bonchev–Trinajstić information content (AvgIpc) is 2.93. The summed E-state index contributed by atoms with van der Waals surface area (Å²) in [5.74, 6) is 0. The van der Waals surface area contributed by atoms with Gasteiger partial charge in [0.15, 0.2) is 0 Å². The highest BCUT2D eigenvalue weighted by molar-refractivity contribution is 9.10. The van der Waals surface area contributed by atoms with Crippen molar-refractivity contribution in [3.63, 3.8) is 0 Å². The highest BCUT2D eigenvalue weighted by Crippen LogP contribution is 2.54. The zero-order valence-electron chi connectivity index (χ0n) is 16.9. The third-order valence-corrected chi connectivity index (χ3v) is 7.65. The monoisotopic (exact) mass is 568 g/mol. The molecule has 0 fully saturated rings. The number of rotatable bonds is 11. The van der Waals surface area contributed by atoms with Crippen LogP contribution in [-0.2, 0) is 5.41 Å². The SMILES string of the molecule is CCCCCCCCCCC1(CCBr)c2cc(Br)ccc2-c2ccc(Br)cc21. The molecule has 0 aliphatic heterocycles. The van der Waals surface area contributed by atoms with Crippen molar-refractivity contribution in [3.8, 4) is 11.1 Å². The Kier molecular flexibility index (Phi) is 8.68. The van der Waals surface area contributed by atoms with Crippen molar-refractivity contribution < 1.29 is 0 Å². The highest BCUT2D eigenvalue weighted by Gasteiger charge is 2.42. The molecule has 0 atom stereocenters. The Morgan fingerprint density at radius 3 is 1.68 bits per heavy atom. The van der Waals surface area contributed by atoms with Crippen LogP contribution in [0.2, 0.25) is 0 Å². The summed E-state index contributed by atoms with van der Waals surface area (Å²) in [6.45, 7) is 2.29. The topological polar surface area (TPSA) is 0 Å². The predicted octanol–water partition coefficient (Wildman–Crippen LogP) is 9.79. The number of alkyl halides is 1. The molecule has 0 saturated carbocycles. The van der Waals surface area contributed by atoms with Crippen LogP contribution >= 0.6 is 47.8 Å². The van der Waals surface area contributed by atoms with Crippen LogP contribution in [0.25, 0.3) is 11.1 Å². The van der Waals surface area contributed by atoms with Gasteiger partial charge in [0.1, 0.15) is 0 Å². The van der Waals surface area contributed by atoms with Crippen molar-refractivity contribution in [2.24, 2.45) is 0 Å². The molecule has 0 aromatic heterocycles. The third-order valence-electron chi connectivity index (χ3n) is 6.26. The third kappa shape index (κ3) is 4.95. The minimum atomic E-state index is 0.129. The zero-order valence-corrected chi connectivity index (χ0v) is 21.6. The first-order valence-electron chi connectivity index (χ1n) is 10.8. The Morgan fingerprint density at radius 1 is 0.679 bits per heavy atom. The van der Waals surface area contributed by atoms with Gasteiger partial charge in [-0.1, -0.05) is 118 Å². The predicted molar refractivity (Wildman–Crippen MR) is 134 cm³/mol. The van der Waals surface area contributed by atoms with Crippen LogP contribution in [-0.4, -0.2) is 5.33 Å². The van der Waals surface area contributed by atoms with E-state index in [1.54, 1.807) is 0 Å². The van der Waals surface area contributed by atoms with Crippen LogP contribution < -0.4 is 0 Å². The van der Waals surface area contributed by atoms with Gasteiger partial charge in [0.05, 0.1) is 0 Å². The second-order valence-corrected chi connectivity index (χ2v) is 10.8. The second-order valence-electron chi connectivity index (χ2n) is 8.13. The van der Waals surface area contributed by atoms with E-state index in [-0.39, 0.29) is 5.41 Å². The molecule has 1 aliphatic rings. The van der Waals surface area contributed by atoms with E-state index in [1.165, 1.54) is 89.0 Å². The van der Waals surface area contributed by atoms with E-state index in [1.807, 2.05) is 0 Å². The Morgan fingerprint density at radius 2 is 1.18 bits per heavy atom. The lowest BCUT2D eigenvalue weighted by Crippen LogP contribution is -2.26. The molecule has 0 spiro atoms. The Balaban J connectivity index is 1.79. The normalized spacial score (nSPS) is 14.1. The molecule has 3 rings (SSSR count). The fourth-order valence-corrected chi connectivity index (χ4v) is 6.22. The minimum absolute atomic E-state index is 0.129. The lowest BCUT2D eigenvalue weighted by Gasteiger charge is -2.32. The van der Waals surface area contributed by atoms with Crippen LogP contribution in [0.15, 0.2) is 45.3 Å². The molecule has 3 heteroatoms. The van der Waals surface area contributed by atoms with Gasteiger partial charge in [0, 0.05) is 19.7 Å². The van der Waals surface area contributed by atoms with E-state index < -0.39 is 0 Å². The van der Waals surface area contributed by atoms with E-state index in [4.69, 9.17) is 0 Å². The molecule has 28 heavy (non-hydrogen) atoms. The summed E-state index contributed by atoms with van der Waals surface area (Å²) in [6.07, 6.45) is 13.4. The van der Waals surface area contributed by atoms with Crippen molar-refractivity contribution >= 4 is 47.8 Å². The molecule has 1 aliphatic carbocycles. The lowest BCUT2D eigenvalue weighted by atomic mass is 9.72. The van der Waals surface area contributed by atoms with Gasteiger partial charge in [-0.3, -0.25) is 0 Å². The first-order valence-corrected chi connectivity index (χ1v) is 13.5. The van der Waals surface area contributed by atoms with Crippen LogP contribution in [0.3, 0.4) is 0 Å².